The first-order chi connectivity index (χ1) is 8.02. The van der Waals surface area contributed by atoms with Crippen molar-refractivity contribution in [1.82, 2.24) is 4.98 Å². The quantitative estimate of drug-likeness (QED) is 0.890. The molecule has 0 aliphatic heterocycles. The molecule has 2 N–H and O–H groups in total. The Hall–Kier alpha value is -0.830. The van der Waals surface area contributed by atoms with Gasteiger partial charge in [0.1, 0.15) is 0 Å². The molecular weight excluding hydrogens is 255 g/mol. The molecule has 0 aliphatic rings. The summed E-state index contributed by atoms with van der Waals surface area (Å²) in [4.78, 5) is 4.58. The highest BCUT2D eigenvalue weighted by Crippen LogP contribution is 2.31. The van der Waals surface area contributed by atoms with Gasteiger partial charge in [-0.1, -0.05) is 37.0 Å². The van der Waals surface area contributed by atoms with Crippen LogP contribution in [0.2, 0.25) is 10.0 Å². The summed E-state index contributed by atoms with van der Waals surface area (Å²) in [5.41, 5.74) is 8.61. The maximum atomic E-state index is 6.20. The van der Waals surface area contributed by atoms with Gasteiger partial charge in [0.25, 0.3) is 0 Å². The summed E-state index contributed by atoms with van der Waals surface area (Å²) < 4.78 is 0. The molecule has 0 atom stereocenters. The molecule has 2 nitrogen and oxygen atoms in total. The van der Waals surface area contributed by atoms with Crippen molar-refractivity contribution in [3.63, 3.8) is 0 Å². The van der Waals surface area contributed by atoms with Crippen molar-refractivity contribution in [2.45, 2.75) is 26.3 Å². The van der Waals surface area contributed by atoms with Gasteiger partial charge in [0.15, 0.2) is 0 Å². The standard InChI is InChI=1S/C13H14Cl2N2/c1-7(2)11-3-8(6-16)13-10(15)4-9(14)5-12(13)17-11/h3-5,7H,6,16H2,1-2H3. The number of nitrogens with two attached hydrogens (primary N) is 1. The number of benzene rings is 1. The van der Waals surface area contributed by atoms with Crippen molar-refractivity contribution in [3.8, 4) is 0 Å². The molecule has 0 bridgehead atoms. The van der Waals surface area contributed by atoms with Crippen LogP contribution in [-0.4, -0.2) is 4.98 Å². The van der Waals surface area contributed by atoms with E-state index in [-0.39, 0.29) is 0 Å². The molecule has 1 heterocycles. The molecule has 1 aromatic heterocycles. The summed E-state index contributed by atoms with van der Waals surface area (Å²) in [6, 6.07) is 5.57. The minimum absolute atomic E-state index is 0.349. The van der Waals surface area contributed by atoms with Gasteiger partial charge in [0, 0.05) is 22.6 Å². The summed E-state index contributed by atoms with van der Waals surface area (Å²) in [6.45, 7) is 4.64. The van der Waals surface area contributed by atoms with E-state index in [0.29, 0.717) is 22.5 Å². The zero-order chi connectivity index (χ0) is 12.6. The van der Waals surface area contributed by atoms with Crippen molar-refractivity contribution in [2.24, 2.45) is 5.73 Å². The first-order valence-corrected chi connectivity index (χ1v) is 6.27. The Morgan fingerprint density at radius 2 is 1.94 bits per heavy atom. The highest BCUT2D eigenvalue weighted by atomic mass is 35.5. The predicted molar refractivity (Wildman–Crippen MR) is 73.7 cm³/mol. The van der Waals surface area contributed by atoms with Crippen molar-refractivity contribution < 1.29 is 0 Å². The van der Waals surface area contributed by atoms with E-state index in [2.05, 4.69) is 18.8 Å². The Kier molecular flexibility index (Phi) is 3.57. The lowest BCUT2D eigenvalue weighted by Gasteiger charge is -2.12. The third kappa shape index (κ3) is 2.39. The Morgan fingerprint density at radius 1 is 1.24 bits per heavy atom. The van der Waals surface area contributed by atoms with E-state index in [4.69, 9.17) is 28.9 Å². The largest absolute Gasteiger partial charge is 0.326 e. The molecular formula is C13H14Cl2N2. The number of rotatable bonds is 2. The molecule has 0 aliphatic carbocycles. The fraction of sp³-hybridized carbons (Fsp3) is 0.308. The van der Waals surface area contributed by atoms with Gasteiger partial charge in [0.05, 0.1) is 10.5 Å². The topological polar surface area (TPSA) is 38.9 Å². The summed E-state index contributed by atoms with van der Waals surface area (Å²) in [7, 11) is 0. The second kappa shape index (κ2) is 4.81. The molecule has 0 amide bonds. The summed E-state index contributed by atoms with van der Waals surface area (Å²) in [6.07, 6.45) is 0. The van der Waals surface area contributed by atoms with Gasteiger partial charge in [-0.25, -0.2) is 0 Å². The van der Waals surface area contributed by atoms with Crippen molar-refractivity contribution >= 4 is 34.1 Å². The van der Waals surface area contributed by atoms with Gasteiger partial charge in [-0.15, -0.1) is 0 Å². The molecule has 0 unspecified atom stereocenters. The average molecular weight is 269 g/mol. The van der Waals surface area contributed by atoms with E-state index in [9.17, 15) is 0 Å². The fourth-order valence-corrected chi connectivity index (χ4v) is 2.45. The number of hydrogen-bond donors (Lipinski definition) is 1. The van der Waals surface area contributed by atoms with Gasteiger partial charge in [-0.2, -0.15) is 0 Å². The second-order valence-electron chi connectivity index (χ2n) is 4.35. The number of nitrogens with zero attached hydrogens (tertiary/aromatic N) is 1. The third-order valence-electron chi connectivity index (χ3n) is 2.74. The van der Waals surface area contributed by atoms with Crippen molar-refractivity contribution in [1.29, 1.82) is 0 Å². The molecule has 4 heteroatoms. The SMILES string of the molecule is CC(C)c1cc(CN)c2c(Cl)cc(Cl)cc2n1. The van der Waals surface area contributed by atoms with Crippen LogP contribution in [0.4, 0.5) is 0 Å². The average Bonchev–Trinajstić information content (AvgIpc) is 2.26. The highest BCUT2D eigenvalue weighted by molar-refractivity contribution is 6.38. The van der Waals surface area contributed by atoms with Gasteiger partial charge in [-0.05, 0) is 29.7 Å². The first-order valence-electron chi connectivity index (χ1n) is 5.51. The first kappa shape index (κ1) is 12.6. The molecule has 2 aromatic rings. The molecule has 0 spiro atoms. The van der Waals surface area contributed by atoms with Crippen LogP contribution in [0.5, 0.6) is 0 Å². The van der Waals surface area contributed by atoms with E-state index in [0.717, 1.165) is 22.2 Å². The van der Waals surface area contributed by atoms with Crippen molar-refractivity contribution in [3.05, 3.63) is 39.5 Å². The number of hydrogen-bond acceptors (Lipinski definition) is 2. The van der Waals surface area contributed by atoms with E-state index >= 15 is 0 Å². The van der Waals surface area contributed by atoms with Crippen LogP contribution in [0.15, 0.2) is 18.2 Å². The molecule has 0 fully saturated rings. The fourth-order valence-electron chi connectivity index (χ4n) is 1.84. The Morgan fingerprint density at radius 3 is 2.53 bits per heavy atom. The van der Waals surface area contributed by atoms with Crippen LogP contribution in [0.25, 0.3) is 10.9 Å². The number of fused-ring (bicyclic) bond motifs is 1. The van der Waals surface area contributed by atoms with Crippen LogP contribution >= 0.6 is 23.2 Å². The molecule has 0 saturated carbocycles. The molecule has 2 rings (SSSR count). The Balaban J connectivity index is 2.82. The molecule has 90 valence electrons. The normalized spacial score (nSPS) is 11.4. The van der Waals surface area contributed by atoms with E-state index in [1.165, 1.54) is 0 Å². The van der Waals surface area contributed by atoms with E-state index in [1.54, 1.807) is 6.07 Å². The highest BCUT2D eigenvalue weighted by Gasteiger charge is 2.11. The van der Waals surface area contributed by atoms with Crippen LogP contribution in [0.3, 0.4) is 0 Å². The monoisotopic (exact) mass is 268 g/mol. The Bertz CT molecular complexity index is 565. The lowest BCUT2D eigenvalue weighted by molar-refractivity contribution is 0.825. The number of halogens is 2. The minimum Gasteiger partial charge on any atom is -0.326 e. The van der Waals surface area contributed by atoms with Crippen LogP contribution in [0, 0.1) is 0 Å². The van der Waals surface area contributed by atoms with Gasteiger partial charge >= 0.3 is 0 Å². The molecule has 17 heavy (non-hydrogen) atoms. The van der Waals surface area contributed by atoms with Gasteiger partial charge in [0.2, 0.25) is 0 Å². The lowest BCUT2D eigenvalue weighted by Crippen LogP contribution is -2.02. The third-order valence-corrected chi connectivity index (χ3v) is 3.25. The lowest BCUT2D eigenvalue weighted by atomic mass is 10.0. The smallest absolute Gasteiger partial charge is 0.0738 e. The molecule has 1 aromatic carbocycles. The predicted octanol–water partition coefficient (Wildman–Crippen LogP) is 4.12. The summed E-state index contributed by atoms with van der Waals surface area (Å²) >= 11 is 12.2. The number of pyridine rings is 1. The summed E-state index contributed by atoms with van der Waals surface area (Å²) in [5.74, 6) is 0.349. The zero-order valence-electron chi connectivity index (χ0n) is 9.80. The number of aromatic nitrogens is 1. The van der Waals surface area contributed by atoms with Gasteiger partial charge in [-0.3, -0.25) is 4.98 Å². The van der Waals surface area contributed by atoms with Gasteiger partial charge < -0.3 is 5.73 Å². The van der Waals surface area contributed by atoms with Crippen LogP contribution < -0.4 is 5.73 Å². The van der Waals surface area contributed by atoms with E-state index in [1.807, 2.05) is 12.1 Å². The zero-order valence-corrected chi connectivity index (χ0v) is 11.3. The van der Waals surface area contributed by atoms with E-state index < -0.39 is 0 Å². The summed E-state index contributed by atoms with van der Waals surface area (Å²) in [5, 5.41) is 2.11. The molecule has 0 radical (unpaired) electrons. The van der Waals surface area contributed by atoms with Crippen molar-refractivity contribution in [2.75, 3.05) is 0 Å². The van der Waals surface area contributed by atoms with Crippen LogP contribution in [0.1, 0.15) is 31.0 Å². The Labute approximate surface area is 111 Å². The molecule has 0 saturated heterocycles. The maximum absolute atomic E-state index is 6.20. The van der Waals surface area contributed by atoms with Crippen LogP contribution in [-0.2, 0) is 6.54 Å². The maximum Gasteiger partial charge on any atom is 0.0738 e. The minimum atomic E-state index is 0.349. The second-order valence-corrected chi connectivity index (χ2v) is 5.19.